The number of anilines is 1. The molecular weight excluding hydrogens is 597 g/mol. The highest BCUT2D eigenvalue weighted by atomic mass is 35.5. The normalized spacial score (nSPS) is 20.2. The molecule has 5 heterocycles. The molecule has 3 fully saturated rings. The standard InChI is InChI=1S/C33H35Cl2N7O2/c1-20(30-26(34)16-37-17-27(30)35)44-24-8-9-28-25(12-24)31(40-42(28)29-5-3-4-10-43-29)23-11-22(13-36)32(38-15-23)41-18-33(2,19-41)39-14-21-6-7-21/h8-9,11-12,15-17,20-21,29,39H,3-7,10,14,18-19H2,1-2H3/t20-,29?/m1/s1. The van der Waals surface area contributed by atoms with Gasteiger partial charge < -0.3 is 19.7 Å². The summed E-state index contributed by atoms with van der Waals surface area (Å²) >= 11 is 12.8. The summed E-state index contributed by atoms with van der Waals surface area (Å²) < 4.78 is 14.4. The van der Waals surface area contributed by atoms with E-state index >= 15 is 0 Å². The maximum atomic E-state index is 10.2. The van der Waals surface area contributed by atoms with Crippen LogP contribution in [0.1, 0.15) is 69.4 Å². The fourth-order valence-electron chi connectivity index (χ4n) is 6.31. The summed E-state index contributed by atoms with van der Waals surface area (Å²) in [6, 6.07) is 10.2. The van der Waals surface area contributed by atoms with Crippen LogP contribution in [0.15, 0.2) is 42.9 Å². The first-order chi connectivity index (χ1) is 21.3. The fourth-order valence-corrected chi connectivity index (χ4v) is 6.98. The lowest BCUT2D eigenvalue weighted by atomic mass is 9.91. The van der Waals surface area contributed by atoms with E-state index < -0.39 is 6.10 Å². The van der Waals surface area contributed by atoms with Crippen LogP contribution in [-0.2, 0) is 4.74 Å². The minimum absolute atomic E-state index is 0.0445. The SMILES string of the molecule is C[C@@H](Oc1ccc2c(c1)c(-c1cnc(N3CC(C)(NCC4CC4)C3)c(C#N)c1)nn2C1CCCCO1)c1c(Cl)cncc1Cl. The van der Waals surface area contributed by atoms with Gasteiger partial charge in [0.1, 0.15) is 29.4 Å². The first-order valence-corrected chi connectivity index (χ1v) is 16.1. The second-order valence-corrected chi connectivity index (χ2v) is 13.3. The topological polar surface area (TPSA) is 101 Å². The number of benzene rings is 1. The summed E-state index contributed by atoms with van der Waals surface area (Å²) in [5.74, 6) is 2.18. The third-order valence-corrected chi connectivity index (χ3v) is 9.47. The number of pyridine rings is 2. The Bertz CT molecular complexity index is 1720. The zero-order valence-corrected chi connectivity index (χ0v) is 26.4. The Morgan fingerprint density at radius 1 is 1.14 bits per heavy atom. The monoisotopic (exact) mass is 631 g/mol. The van der Waals surface area contributed by atoms with Gasteiger partial charge in [0.25, 0.3) is 0 Å². The molecule has 2 atom stereocenters. The predicted molar refractivity (Wildman–Crippen MR) is 171 cm³/mol. The van der Waals surface area contributed by atoms with Crippen LogP contribution in [0.3, 0.4) is 0 Å². The number of aromatic nitrogens is 4. The van der Waals surface area contributed by atoms with Gasteiger partial charge in [-0.1, -0.05) is 23.2 Å². The molecule has 2 saturated heterocycles. The van der Waals surface area contributed by atoms with Crippen molar-refractivity contribution in [2.24, 2.45) is 5.92 Å². The quantitative estimate of drug-likeness (QED) is 0.209. The van der Waals surface area contributed by atoms with E-state index in [1.165, 1.54) is 12.8 Å². The molecule has 1 aromatic carbocycles. The summed E-state index contributed by atoms with van der Waals surface area (Å²) in [4.78, 5) is 11.0. The Morgan fingerprint density at radius 2 is 1.93 bits per heavy atom. The second-order valence-electron chi connectivity index (χ2n) is 12.5. The molecule has 9 nitrogen and oxygen atoms in total. The first-order valence-electron chi connectivity index (χ1n) is 15.3. The highest BCUT2D eigenvalue weighted by Crippen LogP contribution is 2.39. The molecule has 11 heteroatoms. The van der Waals surface area contributed by atoms with Gasteiger partial charge in [-0.05, 0) is 82.7 Å². The molecule has 1 saturated carbocycles. The molecule has 228 valence electrons. The summed E-state index contributed by atoms with van der Waals surface area (Å²) in [6.07, 6.45) is 10.0. The van der Waals surface area contributed by atoms with Crippen molar-refractivity contribution in [3.63, 3.8) is 0 Å². The largest absolute Gasteiger partial charge is 0.486 e. The number of hydrogen-bond acceptors (Lipinski definition) is 8. The van der Waals surface area contributed by atoms with Gasteiger partial charge in [0.05, 0.1) is 26.7 Å². The molecule has 0 bridgehead atoms. The Hall–Kier alpha value is -3.42. The molecule has 44 heavy (non-hydrogen) atoms. The van der Waals surface area contributed by atoms with Crippen molar-refractivity contribution in [2.75, 3.05) is 31.1 Å². The summed E-state index contributed by atoms with van der Waals surface area (Å²) in [5.41, 5.74) is 3.68. The summed E-state index contributed by atoms with van der Waals surface area (Å²) in [6.45, 7) is 7.56. The number of nitrogens with zero attached hydrogens (tertiary/aromatic N) is 6. The van der Waals surface area contributed by atoms with Crippen molar-refractivity contribution in [3.05, 3.63) is 64.0 Å². The van der Waals surface area contributed by atoms with E-state index in [0.29, 0.717) is 39.3 Å². The second kappa shape index (κ2) is 11.8. The van der Waals surface area contributed by atoms with Gasteiger partial charge >= 0.3 is 0 Å². The first kappa shape index (κ1) is 29.3. The lowest BCUT2D eigenvalue weighted by Gasteiger charge is -2.49. The number of ether oxygens (including phenoxy) is 2. The van der Waals surface area contributed by atoms with E-state index in [9.17, 15) is 5.26 Å². The molecule has 2 aliphatic heterocycles. The van der Waals surface area contributed by atoms with E-state index in [2.05, 4.69) is 28.2 Å². The zero-order chi connectivity index (χ0) is 30.4. The minimum Gasteiger partial charge on any atom is -0.486 e. The molecule has 0 spiro atoms. The molecule has 0 amide bonds. The Kier molecular flexibility index (Phi) is 7.87. The van der Waals surface area contributed by atoms with Gasteiger partial charge in [-0.15, -0.1) is 0 Å². The van der Waals surface area contributed by atoms with Crippen LogP contribution in [0, 0.1) is 17.2 Å². The van der Waals surface area contributed by atoms with Crippen LogP contribution in [0.25, 0.3) is 22.2 Å². The van der Waals surface area contributed by atoms with Gasteiger partial charge in [0, 0.05) is 54.8 Å². The molecule has 0 radical (unpaired) electrons. The van der Waals surface area contributed by atoms with E-state index in [1.807, 2.05) is 42.1 Å². The molecule has 4 aromatic rings. The van der Waals surface area contributed by atoms with Crippen LogP contribution in [0.4, 0.5) is 5.82 Å². The van der Waals surface area contributed by atoms with Gasteiger partial charge in [0.2, 0.25) is 0 Å². The van der Waals surface area contributed by atoms with Crippen molar-refractivity contribution >= 4 is 39.9 Å². The minimum atomic E-state index is -0.414. The third kappa shape index (κ3) is 5.72. The number of rotatable bonds is 9. The van der Waals surface area contributed by atoms with Gasteiger partial charge in [0.15, 0.2) is 6.23 Å². The van der Waals surface area contributed by atoms with Gasteiger partial charge in [-0.3, -0.25) is 4.98 Å². The highest BCUT2D eigenvalue weighted by Gasteiger charge is 2.41. The fraction of sp³-hybridized carbons (Fsp3) is 0.455. The van der Waals surface area contributed by atoms with Crippen LogP contribution in [-0.4, -0.2) is 51.5 Å². The average Bonchev–Trinajstić information content (AvgIpc) is 3.77. The van der Waals surface area contributed by atoms with Crippen LogP contribution in [0.2, 0.25) is 10.0 Å². The third-order valence-electron chi connectivity index (χ3n) is 8.87. The maximum Gasteiger partial charge on any atom is 0.150 e. The van der Waals surface area contributed by atoms with Crippen molar-refractivity contribution in [1.82, 2.24) is 25.1 Å². The molecule has 3 aliphatic rings. The highest BCUT2D eigenvalue weighted by molar-refractivity contribution is 6.35. The molecule has 1 aliphatic carbocycles. The summed E-state index contributed by atoms with van der Waals surface area (Å²) in [7, 11) is 0. The number of nitriles is 1. The zero-order valence-electron chi connectivity index (χ0n) is 24.9. The van der Waals surface area contributed by atoms with Gasteiger partial charge in [-0.2, -0.15) is 10.4 Å². The number of hydrogen-bond donors (Lipinski definition) is 1. The van der Waals surface area contributed by atoms with Crippen molar-refractivity contribution in [1.29, 1.82) is 5.26 Å². The van der Waals surface area contributed by atoms with Crippen molar-refractivity contribution in [2.45, 2.75) is 63.8 Å². The molecule has 7 rings (SSSR count). The number of nitrogens with one attached hydrogen (secondary N) is 1. The van der Waals surface area contributed by atoms with E-state index in [4.69, 9.17) is 42.8 Å². The average molecular weight is 633 g/mol. The number of fused-ring (bicyclic) bond motifs is 1. The molecule has 1 unspecified atom stereocenters. The van der Waals surface area contributed by atoms with Crippen LogP contribution in [0.5, 0.6) is 5.75 Å². The van der Waals surface area contributed by atoms with E-state index in [1.54, 1.807) is 12.4 Å². The lowest BCUT2D eigenvalue weighted by Crippen LogP contribution is -2.68. The van der Waals surface area contributed by atoms with Gasteiger partial charge in [-0.25, -0.2) is 9.67 Å². The van der Waals surface area contributed by atoms with E-state index in [-0.39, 0.29) is 11.8 Å². The van der Waals surface area contributed by atoms with Crippen LogP contribution < -0.4 is 15.0 Å². The summed E-state index contributed by atoms with van der Waals surface area (Å²) in [5, 5.41) is 20.7. The maximum absolute atomic E-state index is 10.2. The molecule has 3 aromatic heterocycles. The van der Waals surface area contributed by atoms with Crippen molar-refractivity contribution in [3.8, 4) is 23.1 Å². The number of halogens is 2. The smallest absolute Gasteiger partial charge is 0.150 e. The predicted octanol–water partition coefficient (Wildman–Crippen LogP) is 7.09. The Balaban J connectivity index is 1.21. The Morgan fingerprint density at radius 3 is 2.64 bits per heavy atom. The van der Waals surface area contributed by atoms with E-state index in [0.717, 1.165) is 67.0 Å². The lowest BCUT2D eigenvalue weighted by molar-refractivity contribution is -0.0365. The van der Waals surface area contributed by atoms with Crippen molar-refractivity contribution < 1.29 is 9.47 Å². The molecular formula is C33H35Cl2N7O2. The molecule has 1 N–H and O–H groups in total. The van der Waals surface area contributed by atoms with Crippen LogP contribution >= 0.6 is 23.2 Å². The Labute approximate surface area is 267 Å².